The molecule has 1 rings (SSSR count). The maximum Gasteiger partial charge on any atom is 0.236 e. The predicted octanol–water partition coefficient (Wildman–Crippen LogP) is 1.32. The molecule has 0 aliphatic rings. The van der Waals surface area contributed by atoms with Crippen molar-refractivity contribution in [3.05, 3.63) is 30.1 Å². The van der Waals surface area contributed by atoms with E-state index in [-0.39, 0.29) is 36.8 Å². The van der Waals surface area contributed by atoms with Crippen LogP contribution >= 0.6 is 24.8 Å². The molecule has 1 aromatic rings. The van der Waals surface area contributed by atoms with Gasteiger partial charge in [0.15, 0.2) is 0 Å². The van der Waals surface area contributed by atoms with Gasteiger partial charge in [-0.25, -0.2) is 0 Å². The zero-order valence-corrected chi connectivity index (χ0v) is 11.6. The average Bonchev–Trinajstić information content (AvgIpc) is 2.18. The molecule has 0 aromatic carbocycles. The smallest absolute Gasteiger partial charge is 0.236 e. The van der Waals surface area contributed by atoms with E-state index in [1.54, 1.807) is 19.3 Å². The van der Waals surface area contributed by atoms with Crippen molar-refractivity contribution in [1.29, 1.82) is 0 Å². The maximum atomic E-state index is 11.3. The number of nitrogens with one attached hydrogen (secondary N) is 1. The van der Waals surface area contributed by atoms with Gasteiger partial charge in [-0.05, 0) is 38.0 Å². The highest BCUT2D eigenvalue weighted by molar-refractivity contribution is 5.85. The molecule has 17 heavy (non-hydrogen) atoms. The molecule has 0 aliphatic carbocycles. The van der Waals surface area contributed by atoms with Gasteiger partial charge in [0, 0.05) is 18.4 Å². The highest BCUT2D eigenvalue weighted by atomic mass is 35.5. The SMILES string of the molecule is CC(Cc1ccncc1)NC(=O)[C@@H](C)N.Cl.Cl. The Kier molecular flexibility index (Phi) is 10.0. The number of nitrogens with zero attached hydrogens (tertiary/aromatic N) is 1. The van der Waals surface area contributed by atoms with E-state index in [0.29, 0.717) is 0 Å². The van der Waals surface area contributed by atoms with E-state index in [4.69, 9.17) is 5.73 Å². The molecule has 1 amide bonds. The first kappa shape index (κ1) is 18.5. The second kappa shape index (κ2) is 9.22. The van der Waals surface area contributed by atoms with Crippen LogP contribution in [-0.4, -0.2) is 23.0 Å². The van der Waals surface area contributed by atoms with Crippen molar-refractivity contribution < 1.29 is 4.79 Å². The van der Waals surface area contributed by atoms with Crippen molar-refractivity contribution in [1.82, 2.24) is 10.3 Å². The molecule has 4 nitrogen and oxygen atoms in total. The molecule has 1 aromatic heterocycles. The molecule has 1 heterocycles. The number of aromatic nitrogens is 1. The van der Waals surface area contributed by atoms with E-state index in [2.05, 4.69) is 10.3 Å². The number of rotatable bonds is 4. The second-order valence-corrected chi connectivity index (χ2v) is 3.76. The monoisotopic (exact) mass is 279 g/mol. The molecular formula is C11H19Cl2N3O. The van der Waals surface area contributed by atoms with Gasteiger partial charge in [-0.1, -0.05) is 0 Å². The molecule has 2 atom stereocenters. The number of pyridine rings is 1. The Morgan fingerprint density at radius 3 is 2.35 bits per heavy atom. The van der Waals surface area contributed by atoms with Gasteiger partial charge >= 0.3 is 0 Å². The molecule has 0 spiro atoms. The van der Waals surface area contributed by atoms with Crippen molar-refractivity contribution in [2.75, 3.05) is 0 Å². The lowest BCUT2D eigenvalue weighted by Crippen LogP contribution is -2.43. The van der Waals surface area contributed by atoms with Crippen LogP contribution in [0, 0.1) is 0 Å². The average molecular weight is 280 g/mol. The molecule has 3 N–H and O–H groups in total. The number of halogens is 2. The first-order valence-corrected chi connectivity index (χ1v) is 5.04. The van der Waals surface area contributed by atoms with Crippen molar-refractivity contribution in [3.63, 3.8) is 0 Å². The zero-order chi connectivity index (χ0) is 11.3. The number of amides is 1. The van der Waals surface area contributed by atoms with E-state index in [9.17, 15) is 4.79 Å². The molecule has 98 valence electrons. The minimum atomic E-state index is -0.454. The summed E-state index contributed by atoms with van der Waals surface area (Å²) in [7, 11) is 0. The number of carbonyl (C=O) groups excluding carboxylic acids is 1. The minimum Gasteiger partial charge on any atom is -0.352 e. The van der Waals surface area contributed by atoms with Crippen molar-refractivity contribution in [3.8, 4) is 0 Å². The summed E-state index contributed by atoms with van der Waals surface area (Å²) in [6.45, 7) is 3.63. The van der Waals surface area contributed by atoms with Crippen LogP contribution in [0.2, 0.25) is 0 Å². The predicted molar refractivity (Wildman–Crippen MR) is 73.7 cm³/mol. The van der Waals surface area contributed by atoms with Gasteiger partial charge in [-0.15, -0.1) is 24.8 Å². The molecular weight excluding hydrogens is 261 g/mol. The van der Waals surface area contributed by atoms with Gasteiger partial charge in [0.05, 0.1) is 6.04 Å². The molecule has 0 saturated heterocycles. The third-order valence-electron chi connectivity index (χ3n) is 2.09. The molecule has 0 bridgehead atoms. The third-order valence-corrected chi connectivity index (χ3v) is 2.09. The van der Waals surface area contributed by atoms with Crippen molar-refractivity contribution in [2.45, 2.75) is 32.4 Å². The van der Waals surface area contributed by atoms with Crippen LogP contribution in [-0.2, 0) is 11.2 Å². The summed E-state index contributed by atoms with van der Waals surface area (Å²) >= 11 is 0. The summed E-state index contributed by atoms with van der Waals surface area (Å²) in [5.74, 6) is -0.114. The van der Waals surface area contributed by atoms with Gasteiger partial charge in [-0.3, -0.25) is 9.78 Å². The van der Waals surface area contributed by atoms with Crippen LogP contribution < -0.4 is 11.1 Å². The number of nitrogens with two attached hydrogens (primary N) is 1. The zero-order valence-electron chi connectivity index (χ0n) is 9.92. The number of hydrogen-bond acceptors (Lipinski definition) is 3. The second-order valence-electron chi connectivity index (χ2n) is 3.76. The van der Waals surface area contributed by atoms with Crippen molar-refractivity contribution in [2.24, 2.45) is 5.73 Å². The summed E-state index contributed by atoms with van der Waals surface area (Å²) in [4.78, 5) is 15.2. The Morgan fingerprint density at radius 2 is 1.88 bits per heavy atom. The van der Waals surface area contributed by atoms with Gasteiger partial charge < -0.3 is 11.1 Å². The highest BCUT2D eigenvalue weighted by Crippen LogP contribution is 2.01. The lowest BCUT2D eigenvalue weighted by Gasteiger charge is -2.15. The van der Waals surface area contributed by atoms with E-state index in [0.717, 1.165) is 12.0 Å². The molecule has 0 saturated carbocycles. The maximum absolute atomic E-state index is 11.3. The molecule has 0 fully saturated rings. The standard InChI is InChI=1S/C11H17N3O.2ClH/c1-8(14-11(15)9(2)12)7-10-3-5-13-6-4-10;;/h3-6,8-9H,7,12H2,1-2H3,(H,14,15);2*1H/t8?,9-;;/m1../s1. The summed E-state index contributed by atoms with van der Waals surface area (Å²) in [6.07, 6.45) is 4.28. The van der Waals surface area contributed by atoms with Gasteiger partial charge in [0.1, 0.15) is 0 Å². The first-order chi connectivity index (χ1) is 7.09. The van der Waals surface area contributed by atoms with Gasteiger partial charge in [-0.2, -0.15) is 0 Å². The number of hydrogen-bond donors (Lipinski definition) is 2. The minimum absolute atomic E-state index is 0. The molecule has 6 heteroatoms. The Labute approximate surface area is 114 Å². The quantitative estimate of drug-likeness (QED) is 0.874. The van der Waals surface area contributed by atoms with Crippen LogP contribution in [0.1, 0.15) is 19.4 Å². The van der Waals surface area contributed by atoms with Gasteiger partial charge in [0.25, 0.3) is 0 Å². The van der Waals surface area contributed by atoms with E-state index in [1.165, 1.54) is 0 Å². The fourth-order valence-corrected chi connectivity index (χ4v) is 1.30. The van der Waals surface area contributed by atoms with Crippen LogP contribution in [0.3, 0.4) is 0 Å². The topological polar surface area (TPSA) is 68.0 Å². The van der Waals surface area contributed by atoms with E-state index in [1.807, 2.05) is 19.1 Å². The van der Waals surface area contributed by atoms with E-state index >= 15 is 0 Å². The molecule has 0 aliphatic heterocycles. The lowest BCUT2D eigenvalue weighted by atomic mass is 10.1. The Balaban J connectivity index is 0. The molecule has 1 unspecified atom stereocenters. The fraction of sp³-hybridized carbons (Fsp3) is 0.455. The van der Waals surface area contributed by atoms with E-state index < -0.39 is 6.04 Å². The van der Waals surface area contributed by atoms with Crippen LogP contribution in [0.4, 0.5) is 0 Å². The summed E-state index contributed by atoms with van der Waals surface area (Å²) in [5.41, 5.74) is 6.61. The summed E-state index contributed by atoms with van der Waals surface area (Å²) < 4.78 is 0. The summed E-state index contributed by atoms with van der Waals surface area (Å²) in [5, 5.41) is 2.84. The Bertz CT molecular complexity index is 320. The Hall–Kier alpha value is -0.840. The normalized spacial score (nSPS) is 12.6. The highest BCUT2D eigenvalue weighted by Gasteiger charge is 2.11. The number of carbonyl (C=O) groups is 1. The van der Waals surface area contributed by atoms with Crippen LogP contribution in [0.15, 0.2) is 24.5 Å². The summed E-state index contributed by atoms with van der Waals surface area (Å²) in [6, 6.07) is 3.51. The largest absolute Gasteiger partial charge is 0.352 e. The first-order valence-electron chi connectivity index (χ1n) is 5.04. The fourth-order valence-electron chi connectivity index (χ4n) is 1.30. The molecule has 0 radical (unpaired) electrons. The Morgan fingerprint density at radius 1 is 1.35 bits per heavy atom. The van der Waals surface area contributed by atoms with Crippen LogP contribution in [0.25, 0.3) is 0 Å². The third kappa shape index (κ3) is 7.15. The van der Waals surface area contributed by atoms with Crippen LogP contribution in [0.5, 0.6) is 0 Å². The van der Waals surface area contributed by atoms with Gasteiger partial charge in [0.2, 0.25) is 5.91 Å². The van der Waals surface area contributed by atoms with Crippen molar-refractivity contribution >= 4 is 30.7 Å². The lowest BCUT2D eigenvalue weighted by molar-refractivity contribution is -0.122.